The number of alkyl halides is 3. The third-order valence-electron chi connectivity index (χ3n) is 6.32. The van der Waals surface area contributed by atoms with Gasteiger partial charge in [-0.3, -0.25) is 9.48 Å². The molecule has 3 atom stereocenters. The number of likely N-dealkylation sites (N-methyl/N-ethyl adjacent to an activating group) is 1. The Balaban J connectivity index is 1.78. The van der Waals surface area contributed by atoms with Crippen LogP contribution in [0.15, 0.2) is 30.5 Å². The predicted octanol–water partition coefficient (Wildman–Crippen LogP) is 2.99. The Labute approximate surface area is 213 Å². The molecule has 0 saturated carbocycles. The summed E-state index contributed by atoms with van der Waals surface area (Å²) in [5.74, 6) is -0.409. The van der Waals surface area contributed by atoms with Crippen LogP contribution in [0, 0.1) is 5.92 Å². The van der Waals surface area contributed by atoms with E-state index in [0.717, 1.165) is 6.07 Å². The average Bonchev–Trinajstić information content (AvgIpc) is 3.31. The largest absolute Gasteiger partial charge is 0.418 e. The third-order valence-corrected chi connectivity index (χ3v) is 6.32. The monoisotopic (exact) mass is 526 g/mol. The highest BCUT2D eigenvalue weighted by molar-refractivity contribution is 5.90. The number of halogens is 3. The number of aromatic nitrogens is 3. The number of aliphatic hydroxyl groups excluding tert-OH is 1. The van der Waals surface area contributed by atoms with Crippen molar-refractivity contribution in [2.75, 3.05) is 32.1 Å². The Morgan fingerprint density at radius 2 is 2.08 bits per heavy atom. The van der Waals surface area contributed by atoms with Crippen molar-refractivity contribution in [3.8, 4) is 0 Å². The van der Waals surface area contributed by atoms with Gasteiger partial charge in [-0.15, -0.1) is 5.10 Å². The molecule has 2 aromatic rings. The molecule has 0 unspecified atom stereocenters. The number of fused-ring (bicyclic) bond motifs is 2. The lowest BCUT2D eigenvalue weighted by atomic mass is 10.0. The number of hydrogen-bond acceptors (Lipinski definition) is 6. The summed E-state index contributed by atoms with van der Waals surface area (Å²) in [6, 6.07) is 3.59. The first kappa shape index (κ1) is 28.4. The quantitative estimate of drug-likeness (QED) is 0.620. The molecule has 0 fully saturated rings. The summed E-state index contributed by atoms with van der Waals surface area (Å²) >= 11 is 0. The first-order chi connectivity index (χ1) is 17.5. The molecule has 10 nitrogen and oxygen atoms in total. The lowest BCUT2D eigenvalue weighted by Gasteiger charge is -2.35. The minimum Gasteiger partial charge on any atom is -0.394 e. The minimum atomic E-state index is -4.62. The van der Waals surface area contributed by atoms with E-state index >= 15 is 0 Å². The van der Waals surface area contributed by atoms with Crippen LogP contribution in [0.1, 0.15) is 37.9 Å². The van der Waals surface area contributed by atoms with Crippen molar-refractivity contribution in [3.63, 3.8) is 0 Å². The predicted molar refractivity (Wildman–Crippen MR) is 128 cm³/mol. The van der Waals surface area contributed by atoms with Crippen LogP contribution in [0.4, 0.5) is 23.7 Å². The number of para-hydroxylation sites is 1. The summed E-state index contributed by atoms with van der Waals surface area (Å²) in [7, 11) is 1.46. The van der Waals surface area contributed by atoms with Crippen molar-refractivity contribution in [1.82, 2.24) is 24.8 Å². The van der Waals surface area contributed by atoms with Gasteiger partial charge in [0.1, 0.15) is 5.69 Å². The SMILES string of the molecule is C[C@H](CO)N1C[C@H](C)[C@@H](CN(C)C(=O)Nc2ccccc2C(F)(F)F)OCc2cn(nn2)CCCC1=O. The van der Waals surface area contributed by atoms with Gasteiger partial charge in [0.15, 0.2) is 0 Å². The van der Waals surface area contributed by atoms with Crippen molar-refractivity contribution < 1.29 is 32.6 Å². The number of amides is 3. The van der Waals surface area contributed by atoms with Crippen LogP contribution >= 0.6 is 0 Å². The Kier molecular flexibility index (Phi) is 9.49. The number of nitrogens with zero attached hydrogens (tertiary/aromatic N) is 5. The van der Waals surface area contributed by atoms with E-state index < -0.39 is 29.9 Å². The third kappa shape index (κ3) is 7.65. The van der Waals surface area contributed by atoms with Crippen molar-refractivity contribution in [1.29, 1.82) is 0 Å². The van der Waals surface area contributed by atoms with Crippen LogP contribution in [0.3, 0.4) is 0 Å². The molecule has 204 valence electrons. The fourth-order valence-corrected chi connectivity index (χ4v) is 4.10. The van der Waals surface area contributed by atoms with Crippen LogP contribution in [0.25, 0.3) is 0 Å². The number of nitrogens with one attached hydrogen (secondary N) is 1. The van der Waals surface area contributed by atoms with E-state index in [-0.39, 0.29) is 50.2 Å². The second-order valence-corrected chi connectivity index (χ2v) is 9.33. The lowest BCUT2D eigenvalue weighted by Crippen LogP contribution is -2.48. The number of carbonyl (C=O) groups is 2. The van der Waals surface area contributed by atoms with E-state index in [2.05, 4.69) is 15.6 Å². The number of aliphatic hydroxyl groups is 1. The topological polar surface area (TPSA) is 113 Å². The van der Waals surface area contributed by atoms with E-state index in [4.69, 9.17) is 4.74 Å². The average molecular weight is 527 g/mol. The molecule has 3 rings (SSSR count). The molecule has 2 N–H and O–H groups in total. The second-order valence-electron chi connectivity index (χ2n) is 9.33. The van der Waals surface area contributed by atoms with Gasteiger partial charge < -0.3 is 25.0 Å². The zero-order valence-corrected chi connectivity index (χ0v) is 21.1. The maximum atomic E-state index is 13.3. The Morgan fingerprint density at radius 1 is 1.35 bits per heavy atom. The first-order valence-corrected chi connectivity index (χ1v) is 12.1. The van der Waals surface area contributed by atoms with Crippen LogP contribution in [-0.2, 0) is 28.9 Å². The molecule has 1 aliphatic heterocycles. The molecule has 2 heterocycles. The Morgan fingerprint density at radius 3 is 2.78 bits per heavy atom. The first-order valence-electron chi connectivity index (χ1n) is 12.1. The molecule has 37 heavy (non-hydrogen) atoms. The van der Waals surface area contributed by atoms with Crippen LogP contribution in [0.5, 0.6) is 0 Å². The Bertz CT molecular complexity index is 1060. The summed E-state index contributed by atoms with van der Waals surface area (Å²) < 4.78 is 47.8. The zero-order valence-electron chi connectivity index (χ0n) is 21.1. The number of aryl methyl sites for hydroxylation is 1. The van der Waals surface area contributed by atoms with E-state index in [0.29, 0.717) is 18.7 Å². The highest BCUT2D eigenvalue weighted by Gasteiger charge is 2.34. The molecular formula is C24H33F3N6O4. The summed E-state index contributed by atoms with van der Waals surface area (Å²) in [5, 5.41) is 20.2. The van der Waals surface area contributed by atoms with E-state index in [1.54, 1.807) is 22.7 Å². The molecule has 1 aromatic heterocycles. The molecule has 0 aliphatic carbocycles. The van der Waals surface area contributed by atoms with Crippen molar-refractivity contribution in [2.45, 2.75) is 58.2 Å². The molecule has 0 spiro atoms. The van der Waals surface area contributed by atoms with Gasteiger partial charge in [-0.05, 0) is 25.5 Å². The standard InChI is InChI=1S/C24H33F3N6O4/c1-16-11-33(17(2)14-34)22(35)9-6-10-32-12-18(29-30-32)15-37-21(16)13-31(3)23(36)28-20-8-5-4-7-19(20)24(25,26)27/h4-5,7-8,12,16-17,21,34H,6,9-11,13-15H2,1-3H3,(H,28,36)/t16-,17+,21+/m0/s1. The summed E-state index contributed by atoms with van der Waals surface area (Å²) in [5.41, 5.74) is -0.714. The lowest BCUT2D eigenvalue weighted by molar-refractivity contribution is -0.137. The Hall–Kier alpha value is -3.19. The van der Waals surface area contributed by atoms with Gasteiger partial charge in [0.2, 0.25) is 5.91 Å². The van der Waals surface area contributed by atoms with Crippen molar-refractivity contribution in [3.05, 3.63) is 41.7 Å². The molecule has 3 amide bonds. The van der Waals surface area contributed by atoms with Gasteiger partial charge in [-0.2, -0.15) is 13.2 Å². The molecule has 0 radical (unpaired) electrons. The minimum absolute atomic E-state index is 0.0326. The fraction of sp³-hybridized carbons (Fsp3) is 0.583. The molecule has 1 aliphatic rings. The van der Waals surface area contributed by atoms with Gasteiger partial charge in [-0.1, -0.05) is 24.3 Å². The summed E-state index contributed by atoms with van der Waals surface area (Å²) in [6.45, 7) is 4.30. The number of ether oxygens (including phenoxy) is 1. The van der Waals surface area contributed by atoms with E-state index in [1.807, 2.05) is 6.92 Å². The van der Waals surface area contributed by atoms with Crippen LogP contribution in [0.2, 0.25) is 0 Å². The number of benzene rings is 1. The van der Waals surface area contributed by atoms with Gasteiger partial charge in [0.05, 0.1) is 42.8 Å². The number of hydrogen-bond donors (Lipinski definition) is 2. The fourth-order valence-electron chi connectivity index (χ4n) is 4.10. The van der Waals surface area contributed by atoms with Crippen LogP contribution in [-0.4, -0.2) is 80.7 Å². The number of anilines is 1. The maximum Gasteiger partial charge on any atom is 0.418 e. The van der Waals surface area contributed by atoms with E-state index in [1.165, 1.54) is 30.1 Å². The molecule has 13 heteroatoms. The highest BCUT2D eigenvalue weighted by atomic mass is 19.4. The van der Waals surface area contributed by atoms with Gasteiger partial charge in [-0.25, -0.2) is 4.79 Å². The normalized spacial score (nSPS) is 20.4. The molecular weight excluding hydrogens is 493 g/mol. The molecule has 1 aromatic carbocycles. The summed E-state index contributed by atoms with van der Waals surface area (Å²) in [6.07, 6.45) is -2.68. The van der Waals surface area contributed by atoms with E-state index in [9.17, 15) is 27.9 Å². The van der Waals surface area contributed by atoms with Gasteiger partial charge in [0.25, 0.3) is 0 Å². The molecule has 0 saturated heterocycles. The van der Waals surface area contributed by atoms with Crippen molar-refractivity contribution >= 4 is 17.6 Å². The highest BCUT2D eigenvalue weighted by Crippen LogP contribution is 2.34. The number of carbonyl (C=O) groups excluding carboxylic acids is 2. The second kappa shape index (κ2) is 12.4. The van der Waals surface area contributed by atoms with Crippen LogP contribution < -0.4 is 5.32 Å². The summed E-state index contributed by atoms with van der Waals surface area (Å²) in [4.78, 5) is 28.6. The smallest absolute Gasteiger partial charge is 0.394 e. The number of urea groups is 1. The van der Waals surface area contributed by atoms with Gasteiger partial charge in [0, 0.05) is 39.0 Å². The van der Waals surface area contributed by atoms with Crippen molar-refractivity contribution in [2.24, 2.45) is 5.92 Å². The van der Waals surface area contributed by atoms with Gasteiger partial charge >= 0.3 is 12.2 Å². The zero-order chi connectivity index (χ0) is 27.2. The number of rotatable bonds is 5. The maximum absolute atomic E-state index is 13.3. The molecule has 2 bridgehead atoms.